The van der Waals surface area contributed by atoms with Gasteiger partial charge in [0.05, 0.1) is 30.4 Å². The van der Waals surface area contributed by atoms with Crippen molar-refractivity contribution in [2.75, 3.05) is 32.9 Å². The fourth-order valence-corrected chi connectivity index (χ4v) is 5.42. The highest BCUT2D eigenvalue weighted by Crippen LogP contribution is 2.30. The number of amides is 2. The Bertz CT molecular complexity index is 1500. The number of fused-ring (bicyclic) bond motifs is 1. The number of nitrogens with one attached hydrogen (secondary N) is 1. The molecule has 1 N–H and O–H groups in total. The molecule has 228 valence electrons. The first kappa shape index (κ1) is 30.4. The number of benzene rings is 2. The first-order valence-corrected chi connectivity index (χ1v) is 14.7. The zero-order valence-corrected chi connectivity index (χ0v) is 24.8. The van der Waals surface area contributed by atoms with Crippen molar-refractivity contribution < 1.29 is 28.2 Å². The van der Waals surface area contributed by atoms with E-state index in [2.05, 4.69) is 16.5 Å². The summed E-state index contributed by atoms with van der Waals surface area (Å²) in [5, 5.41) is 18.1. The molecule has 2 aliphatic rings. The van der Waals surface area contributed by atoms with Gasteiger partial charge in [-0.15, -0.1) is 0 Å². The second kappa shape index (κ2) is 13.1. The van der Waals surface area contributed by atoms with Gasteiger partial charge < -0.3 is 24.4 Å². The predicted molar refractivity (Wildman–Crippen MR) is 158 cm³/mol. The first-order chi connectivity index (χ1) is 20.6. The van der Waals surface area contributed by atoms with Crippen molar-refractivity contribution >= 4 is 22.9 Å². The maximum Gasteiger partial charge on any atom is 0.410 e. The number of carbonyl (C=O) groups is 2. The first-order valence-electron chi connectivity index (χ1n) is 14.7. The summed E-state index contributed by atoms with van der Waals surface area (Å²) in [5.74, 6) is -1.000. The molecule has 0 aliphatic carbocycles. The number of aromatic nitrogens is 2. The van der Waals surface area contributed by atoms with Crippen molar-refractivity contribution in [3.63, 3.8) is 0 Å². The van der Waals surface area contributed by atoms with Crippen LogP contribution in [0.25, 0.3) is 22.0 Å². The van der Waals surface area contributed by atoms with E-state index >= 15 is 4.39 Å². The Morgan fingerprint density at radius 3 is 2.63 bits per heavy atom. The predicted octanol–water partition coefficient (Wildman–Crippen LogP) is 4.77. The van der Waals surface area contributed by atoms with Gasteiger partial charge >= 0.3 is 6.09 Å². The van der Waals surface area contributed by atoms with Gasteiger partial charge in [-0.1, -0.05) is 24.3 Å². The van der Waals surface area contributed by atoms with E-state index in [4.69, 9.17) is 14.2 Å². The van der Waals surface area contributed by atoms with E-state index in [9.17, 15) is 14.9 Å². The number of rotatable bonds is 6. The van der Waals surface area contributed by atoms with E-state index in [1.54, 1.807) is 26.8 Å². The summed E-state index contributed by atoms with van der Waals surface area (Å²) in [5.41, 5.74) is 2.19. The molecule has 0 spiro atoms. The van der Waals surface area contributed by atoms with Crippen LogP contribution in [0.1, 0.15) is 51.6 Å². The summed E-state index contributed by atoms with van der Waals surface area (Å²) in [6.45, 7) is 7.41. The minimum Gasteiger partial charge on any atom is -0.444 e. The molecule has 2 atom stereocenters. The molecule has 5 rings (SSSR count). The molecular weight excluding hydrogens is 553 g/mol. The van der Waals surface area contributed by atoms with Crippen LogP contribution in [0.15, 0.2) is 42.6 Å². The minimum absolute atomic E-state index is 0.000273. The number of nitrogens with zero attached hydrogens (tertiary/aromatic N) is 4. The van der Waals surface area contributed by atoms with Gasteiger partial charge in [-0.2, -0.15) is 10.4 Å². The highest BCUT2D eigenvalue weighted by molar-refractivity contribution is 5.85. The van der Waals surface area contributed by atoms with Crippen LogP contribution in [0.3, 0.4) is 0 Å². The fourth-order valence-electron chi connectivity index (χ4n) is 5.42. The molecule has 0 radical (unpaired) electrons. The molecule has 3 heterocycles. The topological polar surface area (TPSA) is 119 Å². The summed E-state index contributed by atoms with van der Waals surface area (Å²) in [6.07, 6.45) is 2.68. The molecule has 1 aromatic heterocycles. The highest BCUT2D eigenvalue weighted by Gasteiger charge is 2.31. The Kier molecular flexibility index (Phi) is 9.28. The molecule has 2 aliphatic heterocycles. The lowest BCUT2D eigenvalue weighted by Gasteiger charge is -2.27. The molecule has 2 aromatic carbocycles. The zero-order chi connectivity index (χ0) is 30.6. The molecule has 43 heavy (non-hydrogen) atoms. The Balaban J connectivity index is 1.25. The van der Waals surface area contributed by atoms with Crippen molar-refractivity contribution in [1.29, 1.82) is 5.26 Å². The van der Waals surface area contributed by atoms with Crippen LogP contribution in [0.2, 0.25) is 0 Å². The largest absolute Gasteiger partial charge is 0.444 e. The van der Waals surface area contributed by atoms with Gasteiger partial charge in [0.2, 0.25) is 0 Å². The Morgan fingerprint density at radius 1 is 1.16 bits per heavy atom. The minimum atomic E-state index is -0.986. The van der Waals surface area contributed by atoms with E-state index in [1.807, 2.05) is 35.1 Å². The van der Waals surface area contributed by atoms with Crippen LogP contribution >= 0.6 is 0 Å². The summed E-state index contributed by atoms with van der Waals surface area (Å²) in [7, 11) is 0. The Hall–Kier alpha value is -4.01. The number of hydrogen-bond acceptors (Lipinski definition) is 7. The summed E-state index contributed by atoms with van der Waals surface area (Å²) in [4.78, 5) is 27.1. The van der Waals surface area contributed by atoms with E-state index in [-0.39, 0.29) is 25.6 Å². The molecular formula is C32H38FN5O5. The van der Waals surface area contributed by atoms with E-state index in [0.717, 1.165) is 29.3 Å². The van der Waals surface area contributed by atoms with Gasteiger partial charge in [0, 0.05) is 38.2 Å². The number of hydrogen-bond donors (Lipinski definition) is 1. The molecule has 0 saturated carbocycles. The van der Waals surface area contributed by atoms with Crippen molar-refractivity contribution in [1.82, 2.24) is 20.0 Å². The Labute approximate surface area is 250 Å². The van der Waals surface area contributed by atoms with Crippen LogP contribution < -0.4 is 5.32 Å². The molecule has 2 amide bonds. The lowest BCUT2D eigenvalue weighted by atomic mass is 9.99. The molecule has 2 fully saturated rings. The molecule has 0 bridgehead atoms. The normalized spacial score (nSPS) is 19.0. The zero-order valence-electron chi connectivity index (χ0n) is 24.8. The second-order valence-electron chi connectivity index (χ2n) is 12.0. The molecule has 0 unspecified atom stereocenters. The molecule has 2 saturated heterocycles. The van der Waals surface area contributed by atoms with Gasteiger partial charge in [-0.25, -0.2) is 9.18 Å². The third kappa shape index (κ3) is 7.50. The van der Waals surface area contributed by atoms with Gasteiger partial charge in [0.25, 0.3) is 5.91 Å². The average molecular weight is 592 g/mol. The maximum absolute atomic E-state index is 15.3. The van der Waals surface area contributed by atoms with Gasteiger partial charge in [0.1, 0.15) is 17.5 Å². The van der Waals surface area contributed by atoms with Gasteiger partial charge in [-0.3, -0.25) is 9.48 Å². The highest BCUT2D eigenvalue weighted by atomic mass is 19.1. The smallest absolute Gasteiger partial charge is 0.410 e. The maximum atomic E-state index is 15.3. The summed E-state index contributed by atoms with van der Waals surface area (Å²) in [6, 6.07) is 12.2. The van der Waals surface area contributed by atoms with Crippen LogP contribution in [0, 0.1) is 17.1 Å². The number of ether oxygens (including phenoxy) is 3. The average Bonchev–Trinajstić information content (AvgIpc) is 3.24. The summed E-state index contributed by atoms with van der Waals surface area (Å²) >= 11 is 0. The standard InChI is InChI=1S/C32H38FN5O5/c1-32(2,3)43-31(40)37-11-4-12-42-29(20-37)30(39)36-25(18-34)15-23-7-5-21(16-27(23)33)22-6-8-24-19-35-38(28(24)17-22)26-9-13-41-14-10-26/h5-8,16-17,19,25-26,29H,4,9-15,20H2,1-3H3,(H,36,39)/t25-,29-/m0/s1. The number of halogens is 1. The van der Waals surface area contributed by atoms with Crippen LogP contribution in [0.5, 0.6) is 0 Å². The third-order valence-corrected chi connectivity index (χ3v) is 7.64. The lowest BCUT2D eigenvalue weighted by molar-refractivity contribution is -0.133. The molecule has 3 aromatic rings. The monoisotopic (exact) mass is 591 g/mol. The summed E-state index contributed by atoms with van der Waals surface area (Å²) < 4.78 is 34.0. The third-order valence-electron chi connectivity index (χ3n) is 7.64. The Morgan fingerprint density at radius 2 is 1.91 bits per heavy atom. The van der Waals surface area contributed by atoms with Crippen molar-refractivity contribution in [3.05, 3.63) is 54.0 Å². The number of carbonyl (C=O) groups excluding carboxylic acids is 2. The molecule has 11 heteroatoms. The van der Waals surface area contributed by atoms with Gasteiger partial charge in [-0.05, 0) is 68.9 Å². The molecule has 10 nitrogen and oxygen atoms in total. The van der Waals surface area contributed by atoms with Crippen LogP contribution in [-0.4, -0.2) is 77.3 Å². The van der Waals surface area contributed by atoms with Crippen molar-refractivity contribution in [3.8, 4) is 17.2 Å². The van der Waals surface area contributed by atoms with E-state index in [1.165, 1.54) is 11.0 Å². The van der Waals surface area contributed by atoms with Crippen molar-refractivity contribution in [2.45, 2.75) is 70.2 Å². The SMILES string of the molecule is CC(C)(C)OC(=O)N1CCCO[C@H](C(=O)N[C@H](C#N)Cc2ccc(-c3ccc4cnn(C5CCOCC5)c4c3)cc2F)C1. The number of nitriles is 1. The van der Waals surface area contributed by atoms with E-state index in [0.29, 0.717) is 37.3 Å². The van der Waals surface area contributed by atoms with Crippen LogP contribution in [-0.2, 0) is 25.4 Å². The second-order valence-corrected chi connectivity index (χ2v) is 12.0. The van der Waals surface area contributed by atoms with Crippen molar-refractivity contribution in [2.24, 2.45) is 0 Å². The van der Waals surface area contributed by atoms with E-state index < -0.39 is 35.6 Å². The quantitative estimate of drug-likeness (QED) is 0.439. The fraction of sp³-hybridized carbons (Fsp3) is 0.500. The lowest BCUT2D eigenvalue weighted by Crippen LogP contribution is -2.48. The van der Waals surface area contributed by atoms with Crippen LogP contribution in [0.4, 0.5) is 9.18 Å². The van der Waals surface area contributed by atoms with Gasteiger partial charge in [0.15, 0.2) is 6.10 Å².